The van der Waals surface area contributed by atoms with Crippen LogP contribution in [0.25, 0.3) is 0 Å². The van der Waals surface area contributed by atoms with E-state index >= 15 is 0 Å². The summed E-state index contributed by atoms with van der Waals surface area (Å²) in [5.41, 5.74) is 8.55. The second-order valence-corrected chi connectivity index (χ2v) is 6.36. The van der Waals surface area contributed by atoms with E-state index in [9.17, 15) is 10.1 Å². The summed E-state index contributed by atoms with van der Waals surface area (Å²) in [5.74, 6) is 0.211. The minimum absolute atomic E-state index is 0.0374. The van der Waals surface area contributed by atoms with Crippen molar-refractivity contribution in [3.63, 3.8) is 0 Å². The summed E-state index contributed by atoms with van der Waals surface area (Å²) in [6.45, 7) is 2.46. The molecule has 0 aromatic heterocycles. The van der Waals surface area contributed by atoms with Crippen molar-refractivity contribution in [2.45, 2.75) is 6.92 Å². The van der Waals surface area contributed by atoms with Crippen LogP contribution < -0.4 is 20.7 Å². The fourth-order valence-corrected chi connectivity index (χ4v) is 2.79. The molecule has 30 heavy (non-hydrogen) atoms. The molecule has 0 fully saturated rings. The zero-order valence-corrected chi connectivity index (χ0v) is 16.6. The highest BCUT2D eigenvalue weighted by Gasteiger charge is 2.14. The Labute approximate surface area is 175 Å². The molecule has 0 radical (unpaired) electrons. The normalized spacial score (nSPS) is 10.7. The van der Waals surface area contributed by atoms with Crippen LogP contribution in [0.1, 0.15) is 6.92 Å². The van der Waals surface area contributed by atoms with Crippen molar-refractivity contribution in [2.75, 3.05) is 22.6 Å². The van der Waals surface area contributed by atoms with Gasteiger partial charge in [0, 0.05) is 28.9 Å². The van der Waals surface area contributed by atoms with E-state index in [2.05, 4.69) is 5.32 Å². The van der Waals surface area contributed by atoms with Gasteiger partial charge < -0.3 is 20.7 Å². The fraction of sp³-hybridized carbons (Fsp3) is 0.0833. The van der Waals surface area contributed by atoms with Crippen molar-refractivity contribution < 1.29 is 9.53 Å². The van der Waals surface area contributed by atoms with E-state index in [1.807, 2.05) is 55.5 Å². The van der Waals surface area contributed by atoms with Gasteiger partial charge in [-0.15, -0.1) is 0 Å². The van der Waals surface area contributed by atoms with Gasteiger partial charge in [0.2, 0.25) is 0 Å². The van der Waals surface area contributed by atoms with Gasteiger partial charge in [0.1, 0.15) is 17.4 Å². The Balaban J connectivity index is 1.88. The lowest BCUT2D eigenvalue weighted by Crippen LogP contribution is -2.18. The number of hydrogen-bond acceptors (Lipinski definition) is 5. The molecule has 3 rings (SSSR count). The van der Waals surface area contributed by atoms with Gasteiger partial charge in [-0.3, -0.25) is 4.79 Å². The molecule has 3 N–H and O–H groups in total. The second-order valence-electron chi connectivity index (χ2n) is 6.36. The Bertz CT molecular complexity index is 1050. The number of para-hydroxylation sites is 1. The van der Waals surface area contributed by atoms with Gasteiger partial charge in [-0.25, -0.2) is 0 Å². The Hall–Kier alpha value is -4.24. The van der Waals surface area contributed by atoms with Crippen molar-refractivity contribution in [1.82, 2.24) is 0 Å². The van der Waals surface area contributed by atoms with Crippen molar-refractivity contribution in [3.8, 4) is 11.8 Å². The first kappa shape index (κ1) is 20.5. The number of hydrogen-bond donors (Lipinski definition) is 2. The summed E-state index contributed by atoms with van der Waals surface area (Å²) in [5, 5.41) is 12.4. The molecule has 6 nitrogen and oxygen atoms in total. The number of ether oxygens (including phenoxy) is 1. The smallest absolute Gasteiger partial charge is 0.267 e. The molecule has 0 saturated heterocycles. The number of amides is 1. The zero-order chi connectivity index (χ0) is 21.3. The Morgan fingerprint density at radius 3 is 2.27 bits per heavy atom. The van der Waals surface area contributed by atoms with Crippen LogP contribution in [0.2, 0.25) is 0 Å². The highest BCUT2D eigenvalue weighted by molar-refractivity contribution is 6.07. The molecule has 0 aliphatic rings. The number of benzene rings is 3. The molecule has 0 heterocycles. The summed E-state index contributed by atoms with van der Waals surface area (Å²) in [4.78, 5) is 14.5. The lowest BCUT2D eigenvalue weighted by atomic mass is 10.2. The number of rotatable bonds is 7. The summed E-state index contributed by atoms with van der Waals surface area (Å²) >= 11 is 0. The van der Waals surface area contributed by atoms with Gasteiger partial charge in [-0.1, -0.05) is 18.2 Å². The maximum Gasteiger partial charge on any atom is 0.267 e. The largest absolute Gasteiger partial charge is 0.494 e. The van der Waals surface area contributed by atoms with Gasteiger partial charge >= 0.3 is 0 Å². The van der Waals surface area contributed by atoms with Crippen LogP contribution >= 0.6 is 0 Å². The topological polar surface area (TPSA) is 91.4 Å². The van der Waals surface area contributed by atoms with Crippen LogP contribution in [0.3, 0.4) is 0 Å². The molecule has 0 aliphatic heterocycles. The summed E-state index contributed by atoms with van der Waals surface area (Å²) < 4.78 is 5.40. The van der Waals surface area contributed by atoms with Gasteiger partial charge in [0.15, 0.2) is 0 Å². The van der Waals surface area contributed by atoms with E-state index in [0.717, 1.165) is 11.4 Å². The molecular weight excluding hydrogens is 376 g/mol. The molecule has 0 unspecified atom stereocenters. The van der Waals surface area contributed by atoms with Crippen LogP contribution in [0.4, 0.5) is 22.7 Å². The number of nitrogens with two attached hydrogens (primary N) is 1. The van der Waals surface area contributed by atoms with E-state index in [1.54, 1.807) is 41.3 Å². The first-order valence-corrected chi connectivity index (χ1v) is 9.46. The number of carbonyl (C=O) groups excluding carboxylic acids is 1. The van der Waals surface area contributed by atoms with E-state index in [4.69, 9.17) is 10.5 Å². The average molecular weight is 398 g/mol. The number of nitrogens with one attached hydrogen (secondary N) is 1. The summed E-state index contributed by atoms with van der Waals surface area (Å²) in [7, 11) is 0. The van der Waals surface area contributed by atoms with Crippen LogP contribution in [0, 0.1) is 11.3 Å². The first-order chi connectivity index (χ1) is 14.6. The molecular formula is C24H22N4O2. The SMILES string of the molecule is CCOc1ccc(NC(=O)/C(C#N)=C\N(c2ccccc2)c2ccc(N)cc2)cc1. The number of carbonyl (C=O) groups is 1. The van der Waals surface area contributed by atoms with Gasteiger partial charge in [0.05, 0.1) is 6.61 Å². The lowest BCUT2D eigenvalue weighted by molar-refractivity contribution is -0.112. The number of nitrogens with zero attached hydrogens (tertiary/aromatic N) is 2. The van der Waals surface area contributed by atoms with E-state index in [-0.39, 0.29) is 5.57 Å². The molecule has 3 aromatic rings. The van der Waals surface area contributed by atoms with Crippen LogP contribution in [0.15, 0.2) is 90.6 Å². The number of nitrogen functional groups attached to an aromatic ring is 1. The van der Waals surface area contributed by atoms with Crippen LogP contribution in [0.5, 0.6) is 5.75 Å². The van der Waals surface area contributed by atoms with Gasteiger partial charge in [0.25, 0.3) is 5.91 Å². The molecule has 3 aromatic carbocycles. The molecule has 0 atom stereocenters. The molecule has 150 valence electrons. The summed E-state index contributed by atoms with van der Waals surface area (Å²) in [6.07, 6.45) is 1.52. The standard InChI is InChI=1S/C24H22N4O2/c1-2-30-23-14-10-20(11-15-23)27-24(29)18(16-25)17-28(21-6-4-3-5-7-21)22-12-8-19(26)9-13-22/h3-15,17H,2,26H2,1H3,(H,27,29)/b18-17-. The van der Waals surface area contributed by atoms with Crippen molar-refractivity contribution in [1.29, 1.82) is 5.26 Å². The Morgan fingerprint density at radius 1 is 1.03 bits per heavy atom. The third kappa shape index (κ3) is 5.18. The highest BCUT2D eigenvalue weighted by Crippen LogP contribution is 2.27. The third-order valence-corrected chi connectivity index (χ3v) is 4.25. The van der Waals surface area contributed by atoms with E-state index < -0.39 is 5.91 Å². The fourth-order valence-electron chi connectivity index (χ4n) is 2.79. The Kier molecular flexibility index (Phi) is 6.70. The molecule has 1 amide bonds. The van der Waals surface area contributed by atoms with Gasteiger partial charge in [-0.05, 0) is 67.6 Å². The summed E-state index contributed by atoms with van der Waals surface area (Å²) in [6, 6.07) is 25.6. The second kappa shape index (κ2) is 9.80. The third-order valence-electron chi connectivity index (χ3n) is 4.25. The predicted octanol–water partition coefficient (Wildman–Crippen LogP) is 4.85. The molecule has 0 aliphatic carbocycles. The van der Waals surface area contributed by atoms with Gasteiger partial charge in [-0.2, -0.15) is 5.26 Å². The van der Waals surface area contributed by atoms with Crippen LogP contribution in [-0.4, -0.2) is 12.5 Å². The minimum atomic E-state index is -0.502. The first-order valence-electron chi connectivity index (χ1n) is 9.46. The molecule has 0 spiro atoms. The molecule has 6 heteroatoms. The maximum atomic E-state index is 12.7. The monoisotopic (exact) mass is 398 g/mol. The zero-order valence-electron chi connectivity index (χ0n) is 16.6. The minimum Gasteiger partial charge on any atom is -0.494 e. The Morgan fingerprint density at radius 2 is 1.67 bits per heavy atom. The lowest BCUT2D eigenvalue weighted by Gasteiger charge is -2.21. The highest BCUT2D eigenvalue weighted by atomic mass is 16.5. The molecule has 0 bridgehead atoms. The maximum absolute atomic E-state index is 12.7. The number of nitriles is 1. The predicted molar refractivity (Wildman–Crippen MR) is 119 cm³/mol. The molecule has 0 saturated carbocycles. The number of anilines is 4. The van der Waals surface area contributed by atoms with Crippen molar-refractivity contribution in [2.24, 2.45) is 0 Å². The van der Waals surface area contributed by atoms with E-state index in [0.29, 0.717) is 23.7 Å². The average Bonchev–Trinajstić information content (AvgIpc) is 2.77. The quantitative estimate of drug-likeness (QED) is 0.337. The van der Waals surface area contributed by atoms with Crippen molar-refractivity contribution >= 4 is 28.7 Å². The van der Waals surface area contributed by atoms with E-state index in [1.165, 1.54) is 6.20 Å². The van der Waals surface area contributed by atoms with Crippen LogP contribution in [-0.2, 0) is 4.79 Å². The van der Waals surface area contributed by atoms with Crippen molar-refractivity contribution in [3.05, 3.63) is 90.6 Å².